The van der Waals surface area contributed by atoms with Crippen molar-refractivity contribution in [2.45, 2.75) is 19.4 Å². The van der Waals surface area contributed by atoms with Crippen LogP contribution in [0, 0.1) is 0 Å². The molecule has 0 bridgehead atoms. The van der Waals surface area contributed by atoms with Gasteiger partial charge in [-0.3, -0.25) is 4.98 Å². The second-order valence-corrected chi connectivity index (χ2v) is 4.01. The minimum Gasteiger partial charge on any atom is -0.394 e. The van der Waals surface area contributed by atoms with Crippen molar-refractivity contribution >= 4 is 15.9 Å². The predicted octanol–water partition coefficient (Wildman–Crippen LogP) is 1.88. The van der Waals surface area contributed by atoms with Crippen LogP contribution < -0.4 is 5.32 Å². The molecule has 0 aliphatic heterocycles. The monoisotopic (exact) mass is 258 g/mol. The Hall–Kier alpha value is -0.450. The van der Waals surface area contributed by atoms with Crippen LogP contribution in [-0.4, -0.2) is 23.2 Å². The van der Waals surface area contributed by atoms with Crippen LogP contribution in [0.5, 0.6) is 0 Å². The van der Waals surface area contributed by atoms with Gasteiger partial charge < -0.3 is 10.4 Å². The van der Waals surface area contributed by atoms with Crippen LogP contribution in [-0.2, 0) is 0 Å². The van der Waals surface area contributed by atoms with Crippen LogP contribution in [0.15, 0.2) is 22.8 Å². The lowest BCUT2D eigenvalue weighted by Crippen LogP contribution is -2.25. The molecule has 78 valence electrons. The van der Waals surface area contributed by atoms with E-state index in [1.54, 1.807) is 6.20 Å². The maximum atomic E-state index is 9.16. The molecular weight excluding hydrogens is 244 g/mol. The highest BCUT2D eigenvalue weighted by Crippen LogP contribution is 2.13. The smallest absolute Gasteiger partial charge is 0.0729 e. The van der Waals surface area contributed by atoms with Crippen molar-refractivity contribution in [1.29, 1.82) is 0 Å². The average molecular weight is 259 g/mol. The fraction of sp³-hybridized carbons (Fsp3) is 0.500. The summed E-state index contributed by atoms with van der Waals surface area (Å²) in [6, 6.07) is 3.79. The molecule has 4 heteroatoms. The molecule has 0 saturated carbocycles. The molecule has 0 aromatic carbocycles. The van der Waals surface area contributed by atoms with Gasteiger partial charge in [0.05, 0.1) is 18.3 Å². The fourth-order valence-electron chi connectivity index (χ4n) is 1.17. The number of aromatic nitrogens is 1. The third kappa shape index (κ3) is 3.36. The highest BCUT2D eigenvalue weighted by Gasteiger charge is 2.09. The fourth-order valence-corrected chi connectivity index (χ4v) is 1.41. The maximum absolute atomic E-state index is 9.16. The minimum absolute atomic E-state index is 0.0527. The van der Waals surface area contributed by atoms with Gasteiger partial charge in [0.25, 0.3) is 0 Å². The van der Waals surface area contributed by atoms with Gasteiger partial charge in [-0.15, -0.1) is 0 Å². The van der Waals surface area contributed by atoms with Gasteiger partial charge in [0.1, 0.15) is 0 Å². The molecule has 1 unspecified atom stereocenters. The minimum atomic E-state index is -0.0527. The zero-order valence-electron chi connectivity index (χ0n) is 8.20. The number of rotatable bonds is 5. The van der Waals surface area contributed by atoms with Gasteiger partial charge in [-0.05, 0) is 41.0 Å². The first kappa shape index (κ1) is 11.6. The van der Waals surface area contributed by atoms with Crippen LogP contribution in [0.3, 0.4) is 0 Å². The van der Waals surface area contributed by atoms with E-state index in [1.165, 1.54) is 0 Å². The van der Waals surface area contributed by atoms with Crippen LogP contribution >= 0.6 is 15.9 Å². The molecule has 3 nitrogen and oxygen atoms in total. The van der Waals surface area contributed by atoms with E-state index in [1.807, 2.05) is 12.1 Å². The first-order chi connectivity index (χ1) is 6.77. The van der Waals surface area contributed by atoms with Gasteiger partial charge in [-0.1, -0.05) is 6.92 Å². The van der Waals surface area contributed by atoms with E-state index in [2.05, 4.69) is 33.2 Å². The third-order valence-electron chi connectivity index (χ3n) is 1.93. The average Bonchev–Trinajstić information content (AvgIpc) is 2.21. The van der Waals surface area contributed by atoms with E-state index in [9.17, 15) is 0 Å². The van der Waals surface area contributed by atoms with E-state index < -0.39 is 0 Å². The second kappa shape index (κ2) is 6.11. The number of aliphatic hydroxyl groups excluding tert-OH is 1. The molecule has 14 heavy (non-hydrogen) atoms. The number of nitrogens with one attached hydrogen (secondary N) is 1. The van der Waals surface area contributed by atoms with Crippen molar-refractivity contribution in [2.24, 2.45) is 0 Å². The molecule has 0 aliphatic rings. The quantitative estimate of drug-likeness (QED) is 0.848. The molecule has 0 saturated heterocycles. The first-order valence-electron chi connectivity index (χ1n) is 4.73. The molecule has 0 spiro atoms. The molecule has 1 aromatic rings. The highest BCUT2D eigenvalue weighted by atomic mass is 79.9. The molecule has 1 aromatic heterocycles. The Balaban J connectivity index is 2.64. The lowest BCUT2D eigenvalue weighted by molar-refractivity contribution is 0.242. The molecule has 0 amide bonds. The summed E-state index contributed by atoms with van der Waals surface area (Å²) in [4.78, 5) is 4.23. The van der Waals surface area contributed by atoms with Crippen LogP contribution in [0.2, 0.25) is 0 Å². The van der Waals surface area contributed by atoms with Crippen molar-refractivity contribution in [2.75, 3.05) is 13.2 Å². The van der Waals surface area contributed by atoms with Crippen molar-refractivity contribution in [1.82, 2.24) is 10.3 Å². The van der Waals surface area contributed by atoms with Crippen molar-refractivity contribution in [3.05, 3.63) is 28.5 Å². The number of nitrogens with zero attached hydrogens (tertiary/aromatic N) is 1. The third-order valence-corrected chi connectivity index (χ3v) is 2.40. The van der Waals surface area contributed by atoms with Crippen LogP contribution in [0.25, 0.3) is 0 Å². The molecule has 1 heterocycles. The molecule has 2 N–H and O–H groups in total. The Morgan fingerprint density at radius 1 is 1.57 bits per heavy atom. The second-order valence-electron chi connectivity index (χ2n) is 3.09. The van der Waals surface area contributed by atoms with E-state index in [0.717, 1.165) is 23.1 Å². The SMILES string of the molecule is CCCNC(CO)c1ccc(Br)cn1. The Kier molecular flexibility index (Phi) is 5.07. The van der Waals surface area contributed by atoms with Gasteiger partial charge in [0.15, 0.2) is 0 Å². The zero-order valence-corrected chi connectivity index (χ0v) is 9.79. The van der Waals surface area contributed by atoms with Crippen molar-refractivity contribution in [3.8, 4) is 0 Å². The highest BCUT2D eigenvalue weighted by molar-refractivity contribution is 9.10. The van der Waals surface area contributed by atoms with Gasteiger partial charge in [0.2, 0.25) is 0 Å². The van der Waals surface area contributed by atoms with Crippen LogP contribution in [0.1, 0.15) is 25.1 Å². The molecular formula is C10H15BrN2O. The summed E-state index contributed by atoms with van der Waals surface area (Å²) in [7, 11) is 0. The van der Waals surface area contributed by atoms with Crippen molar-refractivity contribution < 1.29 is 5.11 Å². The lowest BCUT2D eigenvalue weighted by Gasteiger charge is -2.14. The van der Waals surface area contributed by atoms with Gasteiger partial charge >= 0.3 is 0 Å². The summed E-state index contributed by atoms with van der Waals surface area (Å²) in [6.07, 6.45) is 2.79. The molecule has 0 aliphatic carbocycles. The Bertz CT molecular complexity index is 263. The van der Waals surface area contributed by atoms with Gasteiger partial charge in [-0.25, -0.2) is 0 Å². The summed E-state index contributed by atoms with van der Waals surface area (Å²) >= 11 is 3.32. The Morgan fingerprint density at radius 3 is 2.86 bits per heavy atom. The van der Waals surface area contributed by atoms with Crippen LogP contribution in [0.4, 0.5) is 0 Å². The molecule has 1 atom stereocenters. The largest absolute Gasteiger partial charge is 0.394 e. The maximum Gasteiger partial charge on any atom is 0.0729 e. The molecule has 0 fully saturated rings. The topological polar surface area (TPSA) is 45.1 Å². The van der Waals surface area contributed by atoms with E-state index in [4.69, 9.17) is 5.11 Å². The summed E-state index contributed by atoms with van der Waals surface area (Å²) in [5.74, 6) is 0. The predicted molar refractivity (Wildman–Crippen MR) is 60.1 cm³/mol. The van der Waals surface area contributed by atoms with Gasteiger partial charge in [0, 0.05) is 10.7 Å². The summed E-state index contributed by atoms with van der Waals surface area (Å²) in [5, 5.41) is 12.4. The summed E-state index contributed by atoms with van der Waals surface area (Å²) in [6.45, 7) is 3.06. The molecule has 0 radical (unpaired) electrons. The number of halogens is 1. The van der Waals surface area contributed by atoms with E-state index in [-0.39, 0.29) is 12.6 Å². The summed E-state index contributed by atoms with van der Waals surface area (Å²) < 4.78 is 0.952. The first-order valence-corrected chi connectivity index (χ1v) is 5.53. The van der Waals surface area contributed by atoms with Crippen molar-refractivity contribution in [3.63, 3.8) is 0 Å². The van der Waals surface area contributed by atoms with E-state index in [0.29, 0.717) is 0 Å². The number of pyridine rings is 1. The Labute approximate surface area is 92.7 Å². The standard InChI is InChI=1S/C10H15BrN2O/c1-2-5-12-10(7-14)9-4-3-8(11)6-13-9/h3-4,6,10,12,14H,2,5,7H2,1H3. The zero-order chi connectivity index (χ0) is 10.4. The summed E-state index contributed by atoms with van der Waals surface area (Å²) in [5.41, 5.74) is 0.879. The lowest BCUT2D eigenvalue weighted by atomic mass is 10.2. The van der Waals surface area contributed by atoms with E-state index >= 15 is 0 Å². The van der Waals surface area contributed by atoms with Gasteiger partial charge in [-0.2, -0.15) is 0 Å². The number of hydrogen-bond donors (Lipinski definition) is 2. The Morgan fingerprint density at radius 2 is 2.36 bits per heavy atom. The number of aliphatic hydroxyl groups is 1. The molecule has 1 rings (SSSR count). The normalized spacial score (nSPS) is 12.8. The number of hydrogen-bond acceptors (Lipinski definition) is 3.